The highest BCUT2D eigenvalue weighted by atomic mass is 31.2. The van der Waals surface area contributed by atoms with Gasteiger partial charge in [-0.2, -0.15) is 0 Å². The van der Waals surface area contributed by atoms with Crippen molar-refractivity contribution in [2.24, 2.45) is 0 Å². The van der Waals surface area contributed by atoms with E-state index in [0.29, 0.717) is 25.7 Å². The van der Waals surface area contributed by atoms with E-state index in [4.69, 9.17) is 37.0 Å². The Morgan fingerprint density at radius 3 is 0.896 bits per heavy atom. The SMILES string of the molecule is CC/C=C\C/C=C\C/C=C\C/C=C\CCCCC(=O)OCC(COP(=O)(O)OCC(O)COP(=O)(O)OCC(COC(=O)CCCCCCC/C=C\CCCCCC)OC(=O)CCCCCCCCCCCCCCC)OC(=O)CCCCCCC/C=C\C/C=C\CCCCC. The molecule has 556 valence electrons. The van der Waals surface area contributed by atoms with Crippen LogP contribution in [-0.4, -0.2) is 96.7 Å². The Morgan fingerprint density at radius 1 is 0.302 bits per heavy atom. The van der Waals surface area contributed by atoms with Gasteiger partial charge in [0.05, 0.1) is 26.4 Å². The topological polar surface area (TPSA) is 237 Å². The minimum Gasteiger partial charge on any atom is -0.462 e. The van der Waals surface area contributed by atoms with Gasteiger partial charge in [0.2, 0.25) is 0 Å². The van der Waals surface area contributed by atoms with Gasteiger partial charge in [-0.15, -0.1) is 0 Å². The van der Waals surface area contributed by atoms with Gasteiger partial charge in [-0.3, -0.25) is 37.3 Å². The van der Waals surface area contributed by atoms with E-state index >= 15 is 0 Å². The zero-order valence-corrected chi connectivity index (χ0v) is 62.3. The van der Waals surface area contributed by atoms with Crippen molar-refractivity contribution < 1.29 is 80.2 Å². The van der Waals surface area contributed by atoms with E-state index in [1.807, 2.05) is 0 Å². The molecule has 0 fully saturated rings. The number of carbonyl (C=O) groups excluding carboxylic acids is 4. The first-order chi connectivity index (χ1) is 46.7. The number of aliphatic hydroxyl groups is 1. The molecule has 0 amide bonds. The van der Waals surface area contributed by atoms with Crippen LogP contribution in [0.15, 0.2) is 85.1 Å². The van der Waals surface area contributed by atoms with Gasteiger partial charge >= 0.3 is 39.5 Å². The molecule has 17 nitrogen and oxygen atoms in total. The highest BCUT2D eigenvalue weighted by Crippen LogP contribution is 2.45. The van der Waals surface area contributed by atoms with Gasteiger partial charge in [-0.05, 0) is 122 Å². The van der Waals surface area contributed by atoms with Crippen molar-refractivity contribution in [2.75, 3.05) is 39.6 Å². The van der Waals surface area contributed by atoms with E-state index < -0.39 is 97.5 Å². The number of unbranched alkanes of at least 4 members (excludes halogenated alkanes) is 31. The Bertz CT molecular complexity index is 2160. The van der Waals surface area contributed by atoms with Gasteiger partial charge < -0.3 is 33.8 Å². The van der Waals surface area contributed by atoms with Gasteiger partial charge in [0, 0.05) is 25.7 Å². The van der Waals surface area contributed by atoms with Crippen molar-refractivity contribution in [1.29, 1.82) is 0 Å². The number of esters is 4. The number of hydrogen-bond acceptors (Lipinski definition) is 15. The van der Waals surface area contributed by atoms with Gasteiger partial charge in [0.15, 0.2) is 12.2 Å². The van der Waals surface area contributed by atoms with Crippen LogP contribution in [-0.2, 0) is 65.4 Å². The average Bonchev–Trinajstić information content (AvgIpc) is 1.36. The second kappa shape index (κ2) is 69.7. The molecule has 0 aromatic heterocycles. The van der Waals surface area contributed by atoms with Crippen molar-refractivity contribution in [2.45, 2.75) is 341 Å². The Morgan fingerprint density at radius 2 is 0.542 bits per heavy atom. The van der Waals surface area contributed by atoms with Gasteiger partial charge in [0.25, 0.3) is 0 Å². The third-order valence-corrected chi connectivity index (χ3v) is 17.7. The summed E-state index contributed by atoms with van der Waals surface area (Å²) in [7, 11) is -9.95. The Hall–Kier alpha value is -3.76. The number of phosphoric ester groups is 2. The van der Waals surface area contributed by atoms with E-state index in [-0.39, 0.29) is 25.7 Å². The molecular formula is C77H136O17P2. The quantitative estimate of drug-likeness (QED) is 0.0169. The molecule has 5 unspecified atom stereocenters. The summed E-state index contributed by atoms with van der Waals surface area (Å²) in [6.07, 6.45) is 70.0. The van der Waals surface area contributed by atoms with Crippen LogP contribution in [0.2, 0.25) is 0 Å². The van der Waals surface area contributed by atoms with E-state index in [2.05, 4.69) is 113 Å². The molecule has 0 rings (SSSR count). The molecule has 96 heavy (non-hydrogen) atoms. The van der Waals surface area contributed by atoms with E-state index in [1.54, 1.807) is 0 Å². The second-order valence-corrected chi connectivity index (χ2v) is 28.1. The number of carbonyl (C=O) groups is 4. The third kappa shape index (κ3) is 68.8. The highest BCUT2D eigenvalue weighted by molar-refractivity contribution is 7.47. The van der Waals surface area contributed by atoms with Gasteiger partial charge in [-0.1, -0.05) is 260 Å². The number of rotatable bonds is 71. The summed E-state index contributed by atoms with van der Waals surface area (Å²) in [5.74, 6) is -2.23. The Kier molecular flexibility index (Phi) is 67.0. The molecule has 0 aliphatic heterocycles. The number of allylic oxidation sites excluding steroid dienone is 14. The lowest BCUT2D eigenvalue weighted by Crippen LogP contribution is -2.30. The monoisotopic (exact) mass is 1390 g/mol. The second-order valence-electron chi connectivity index (χ2n) is 25.2. The van der Waals surface area contributed by atoms with Crippen molar-refractivity contribution in [3.8, 4) is 0 Å². The summed E-state index contributed by atoms with van der Waals surface area (Å²) in [4.78, 5) is 72.8. The first kappa shape index (κ1) is 92.2. The molecule has 0 bridgehead atoms. The average molecular weight is 1400 g/mol. The maximum absolute atomic E-state index is 13.1. The molecule has 3 N–H and O–H groups in total. The van der Waals surface area contributed by atoms with E-state index in [0.717, 1.165) is 148 Å². The first-order valence-corrected chi connectivity index (χ1v) is 40.8. The maximum atomic E-state index is 13.1. The van der Waals surface area contributed by atoms with Crippen LogP contribution in [0.3, 0.4) is 0 Å². The van der Waals surface area contributed by atoms with Crippen molar-refractivity contribution >= 4 is 39.5 Å². The van der Waals surface area contributed by atoms with Crippen LogP contribution < -0.4 is 0 Å². The lowest BCUT2D eigenvalue weighted by molar-refractivity contribution is -0.161. The predicted octanol–water partition coefficient (Wildman–Crippen LogP) is 21.4. The third-order valence-electron chi connectivity index (χ3n) is 15.8. The summed E-state index contributed by atoms with van der Waals surface area (Å²) >= 11 is 0. The number of phosphoric acid groups is 2. The molecule has 0 radical (unpaired) electrons. The fourth-order valence-corrected chi connectivity index (χ4v) is 11.6. The highest BCUT2D eigenvalue weighted by Gasteiger charge is 2.30. The van der Waals surface area contributed by atoms with Crippen molar-refractivity contribution in [3.05, 3.63) is 85.1 Å². The predicted molar refractivity (Wildman–Crippen MR) is 390 cm³/mol. The largest absolute Gasteiger partial charge is 0.472 e. The number of hydrogen-bond donors (Lipinski definition) is 3. The number of ether oxygens (including phenoxy) is 4. The van der Waals surface area contributed by atoms with Crippen LogP contribution in [0.5, 0.6) is 0 Å². The molecule has 19 heteroatoms. The molecule has 0 aromatic carbocycles. The normalized spacial score (nSPS) is 14.4. The zero-order chi connectivity index (χ0) is 70.4. The molecular weight excluding hydrogens is 1260 g/mol. The molecule has 0 aliphatic rings. The van der Waals surface area contributed by atoms with Crippen LogP contribution in [0.1, 0.15) is 323 Å². The smallest absolute Gasteiger partial charge is 0.462 e. The summed E-state index contributed by atoms with van der Waals surface area (Å²) in [5.41, 5.74) is 0. The Labute approximate surface area is 583 Å². The maximum Gasteiger partial charge on any atom is 0.472 e. The van der Waals surface area contributed by atoms with Crippen LogP contribution in [0.4, 0.5) is 0 Å². The minimum atomic E-state index is -4.98. The zero-order valence-electron chi connectivity index (χ0n) is 60.5. The lowest BCUT2D eigenvalue weighted by Gasteiger charge is -2.21. The molecule has 0 saturated carbocycles. The standard InChI is InChI=1S/C77H136O17P2/c1-5-9-13-17-21-25-29-33-35-39-42-46-50-54-58-62-75(80)88-68-73(94-77(82)64-60-56-52-48-44-40-36-34-30-26-22-18-14-10-6-2)70-92-96(85,86)90-66-71(78)65-89-95(83,84)91-69-72(93-76(81)63-59-55-51-47-43-38-32-28-24-20-16-12-8-4)67-87-74(79)61-57-53-49-45-41-37-31-27-23-19-15-11-7-3/h9,13,21-22,25-27,31,33-36,42,46,71-73,78H,5-8,10-12,14-20,23-24,28-30,32,37-41,43-45,47-70H2,1-4H3,(H,83,84)(H,85,86)/b13-9-,25-21-,26-22-,31-27-,35-33-,36-34-,46-42-. The summed E-state index contributed by atoms with van der Waals surface area (Å²) < 4.78 is 68.4. The van der Waals surface area contributed by atoms with Gasteiger partial charge in [0.1, 0.15) is 19.3 Å². The van der Waals surface area contributed by atoms with Crippen LogP contribution in [0.25, 0.3) is 0 Å². The minimum absolute atomic E-state index is 0.0706. The Balaban J connectivity index is 5.38. The van der Waals surface area contributed by atoms with E-state index in [1.165, 1.54) is 96.3 Å². The lowest BCUT2D eigenvalue weighted by atomic mass is 10.0. The van der Waals surface area contributed by atoms with E-state index in [9.17, 15) is 43.2 Å². The van der Waals surface area contributed by atoms with Gasteiger partial charge in [-0.25, -0.2) is 9.13 Å². The fourth-order valence-electron chi connectivity index (χ4n) is 10.1. The molecule has 0 saturated heterocycles. The molecule has 0 spiro atoms. The molecule has 0 heterocycles. The number of aliphatic hydroxyl groups excluding tert-OH is 1. The summed E-state index contributed by atoms with van der Waals surface area (Å²) in [5, 5.41) is 10.6. The fraction of sp³-hybridized carbons (Fsp3) is 0.766. The molecule has 5 atom stereocenters. The van der Waals surface area contributed by atoms with Crippen LogP contribution in [0, 0.1) is 0 Å². The summed E-state index contributed by atoms with van der Waals surface area (Å²) in [6.45, 7) is 4.67. The van der Waals surface area contributed by atoms with Crippen LogP contribution >= 0.6 is 15.6 Å². The first-order valence-electron chi connectivity index (χ1n) is 37.8. The van der Waals surface area contributed by atoms with Crippen molar-refractivity contribution in [3.63, 3.8) is 0 Å². The van der Waals surface area contributed by atoms with Crippen molar-refractivity contribution in [1.82, 2.24) is 0 Å². The summed E-state index contributed by atoms with van der Waals surface area (Å²) in [6, 6.07) is 0. The molecule has 0 aliphatic carbocycles. The molecule has 0 aromatic rings.